The summed E-state index contributed by atoms with van der Waals surface area (Å²) in [6.07, 6.45) is 11.3. The van der Waals surface area contributed by atoms with E-state index in [0.717, 1.165) is 48.8 Å². The van der Waals surface area contributed by atoms with Gasteiger partial charge in [-0.3, -0.25) is 10.00 Å². The normalized spacial score (nSPS) is 30.0. The average molecular weight is 353 g/mol. The van der Waals surface area contributed by atoms with Crippen molar-refractivity contribution in [2.24, 2.45) is 11.8 Å². The second kappa shape index (κ2) is 5.87. The van der Waals surface area contributed by atoms with Gasteiger partial charge in [-0.25, -0.2) is 9.67 Å². The van der Waals surface area contributed by atoms with E-state index in [0.29, 0.717) is 17.9 Å². The van der Waals surface area contributed by atoms with Crippen LogP contribution in [-0.4, -0.2) is 48.2 Å². The minimum Gasteiger partial charge on any atom is -0.296 e. The maximum Gasteiger partial charge on any atom is 0.153 e. The van der Waals surface area contributed by atoms with E-state index in [-0.39, 0.29) is 0 Å². The van der Waals surface area contributed by atoms with E-state index in [1.807, 2.05) is 0 Å². The SMILES string of the molecule is c1c(CN2C[C@H](c3nc(C4CC4)n[nH]3)[C@@H](C3CC3)C2)nnn1C1CCC1. The molecule has 138 valence electrons. The summed E-state index contributed by atoms with van der Waals surface area (Å²) in [6, 6.07) is 0.594. The minimum atomic E-state index is 0.504. The van der Waals surface area contributed by atoms with Crippen LogP contribution in [-0.2, 0) is 6.54 Å². The molecule has 2 aromatic heterocycles. The summed E-state index contributed by atoms with van der Waals surface area (Å²) in [6.45, 7) is 3.14. The number of rotatable bonds is 6. The lowest BCUT2D eigenvalue weighted by Crippen LogP contribution is -2.21. The van der Waals surface area contributed by atoms with Crippen LogP contribution in [0.3, 0.4) is 0 Å². The van der Waals surface area contributed by atoms with E-state index in [1.54, 1.807) is 0 Å². The fraction of sp³-hybridized carbons (Fsp3) is 0.789. The number of H-pyrrole nitrogens is 1. The van der Waals surface area contributed by atoms with E-state index < -0.39 is 0 Å². The van der Waals surface area contributed by atoms with Gasteiger partial charge in [0.15, 0.2) is 5.82 Å². The van der Waals surface area contributed by atoms with Crippen LogP contribution in [0.5, 0.6) is 0 Å². The summed E-state index contributed by atoms with van der Waals surface area (Å²) < 4.78 is 2.09. The van der Waals surface area contributed by atoms with Crippen LogP contribution in [0, 0.1) is 11.8 Å². The molecule has 7 heteroatoms. The lowest BCUT2D eigenvalue weighted by atomic mass is 9.91. The van der Waals surface area contributed by atoms with Crippen molar-refractivity contribution >= 4 is 0 Å². The molecule has 1 saturated heterocycles. The fourth-order valence-electron chi connectivity index (χ4n) is 4.76. The van der Waals surface area contributed by atoms with Gasteiger partial charge in [-0.2, -0.15) is 5.10 Å². The fourth-order valence-corrected chi connectivity index (χ4v) is 4.76. The molecule has 2 atom stereocenters. The van der Waals surface area contributed by atoms with Crippen molar-refractivity contribution in [3.63, 3.8) is 0 Å². The lowest BCUT2D eigenvalue weighted by molar-refractivity contribution is 0.284. The third-order valence-electron chi connectivity index (χ3n) is 6.87. The van der Waals surface area contributed by atoms with E-state index in [9.17, 15) is 0 Å². The Labute approximate surface area is 153 Å². The molecule has 3 heterocycles. The second-order valence-electron chi connectivity index (χ2n) is 8.93. The van der Waals surface area contributed by atoms with Crippen LogP contribution < -0.4 is 0 Å². The first-order valence-electron chi connectivity index (χ1n) is 10.4. The Bertz CT molecular complexity index is 783. The van der Waals surface area contributed by atoms with E-state index in [1.165, 1.54) is 44.9 Å². The molecule has 26 heavy (non-hydrogen) atoms. The average Bonchev–Trinajstić information content (AvgIpc) is 3.49. The summed E-state index contributed by atoms with van der Waals surface area (Å²) in [5, 5.41) is 16.6. The number of hydrogen-bond acceptors (Lipinski definition) is 5. The molecule has 4 fully saturated rings. The van der Waals surface area contributed by atoms with Crippen LogP contribution in [0.1, 0.15) is 80.2 Å². The van der Waals surface area contributed by atoms with Crippen LogP contribution in [0.25, 0.3) is 0 Å². The van der Waals surface area contributed by atoms with Gasteiger partial charge >= 0.3 is 0 Å². The summed E-state index contributed by atoms with van der Waals surface area (Å²) in [5.74, 6) is 4.91. The van der Waals surface area contributed by atoms with Crippen LogP contribution in [0.15, 0.2) is 6.20 Å². The van der Waals surface area contributed by atoms with E-state index in [4.69, 9.17) is 4.98 Å². The molecule has 3 aliphatic carbocycles. The molecule has 2 aromatic rings. The Kier molecular flexibility index (Phi) is 3.46. The van der Waals surface area contributed by atoms with Gasteiger partial charge in [-0.15, -0.1) is 5.10 Å². The Hall–Kier alpha value is -1.76. The van der Waals surface area contributed by atoms with Crippen molar-refractivity contribution in [2.45, 2.75) is 69.4 Å². The highest BCUT2D eigenvalue weighted by Gasteiger charge is 2.44. The zero-order chi connectivity index (χ0) is 17.1. The molecular formula is C19H27N7. The quantitative estimate of drug-likeness (QED) is 0.864. The third kappa shape index (κ3) is 2.76. The van der Waals surface area contributed by atoms with Crippen molar-refractivity contribution in [1.82, 2.24) is 35.1 Å². The Morgan fingerprint density at radius 1 is 1.08 bits per heavy atom. The number of aromatic nitrogens is 6. The topological polar surface area (TPSA) is 75.5 Å². The van der Waals surface area contributed by atoms with Crippen molar-refractivity contribution in [3.05, 3.63) is 23.5 Å². The number of likely N-dealkylation sites (tertiary alicyclic amines) is 1. The summed E-state index contributed by atoms with van der Waals surface area (Å²) in [4.78, 5) is 7.43. The molecule has 1 aliphatic heterocycles. The Morgan fingerprint density at radius 2 is 1.96 bits per heavy atom. The maximum absolute atomic E-state index is 4.88. The first kappa shape index (κ1) is 15.3. The van der Waals surface area contributed by atoms with Gasteiger partial charge in [0.25, 0.3) is 0 Å². The van der Waals surface area contributed by atoms with Gasteiger partial charge in [0.2, 0.25) is 0 Å². The molecule has 1 N–H and O–H groups in total. The molecule has 0 aromatic carbocycles. The summed E-state index contributed by atoms with van der Waals surface area (Å²) >= 11 is 0. The third-order valence-corrected chi connectivity index (χ3v) is 6.87. The molecule has 4 aliphatic rings. The van der Waals surface area contributed by atoms with Gasteiger partial charge < -0.3 is 0 Å². The highest BCUT2D eigenvalue weighted by molar-refractivity contribution is 5.12. The van der Waals surface area contributed by atoms with E-state index >= 15 is 0 Å². The standard InChI is InChI=1S/C19H27N7/c1-2-15(3-1)26-9-14(21-24-26)8-25-10-16(12-4-5-12)17(11-25)19-20-18(22-23-19)13-6-7-13/h9,12-13,15-17H,1-8,10-11H2,(H,20,22,23)/t16-,17+/m1/s1. The molecule has 0 radical (unpaired) electrons. The highest BCUT2D eigenvalue weighted by Crippen LogP contribution is 2.47. The van der Waals surface area contributed by atoms with Crippen molar-refractivity contribution in [1.29, 1.82) is 0 Å². The van der Waals surface area contributed by atoms with E-state index in [2.05, 4.69) is 36.3 Å². The zero-order valence-corrected chi connectivity index (χ0v) is 15.2. The van der Waals surface area contributed by atoms with Crippen molar-refractivity contribution in [3.8, 4) is 0 Å². The van der Waals surface area contributed by atoms with Crippen molar-refractivity contribution in [2.75, 3.05) is 13.1 Å². The van der Waals surface area contributed by atoms with Gasteiger partial charge in [-0.05, 0) is 56.8 Å². The minimum absolute atomic E-state index is 0.504. The number of nitrogens with one attached hydrogen (secondary N) is 1. The largest absolute Gasteiger partial charge is 0.296 e. The summed E-state index contributed by atoms with van der Waals surface area (Å²) in [5.41, 5.74) is 1.11. The first-order valence-corrected chi connectivity index (χ1v) is 10.4. The van der Waals surface area contributed by atoms with Crippen LogP contribution >= 0.6 is 0 Å². The number of hydrogen-bond donors (Lipinski definition) is 1. The number of nitrogens with zero attached hydrogens (tertiary/aromatic N) is 6. The summed E-state index contributed by atoms with van der Waals surface area (Å²) in [7, 11) is 0. The van der Waals surface area contributed by atoms with Crippen LogP contribution in [0.2, 0.25) is 0 Å². The monoisotopic (exact) mass is 353 g/mol. The molecule has 0 amide bonds. The molecule has 0 bridgehead atoms. The smallest absolute Gasteiger partial charge is 0.153 e. The molecule has 0 unspecified atom stereocenters. The van der Waals surface area contributed by atoms with Gasteiger partial charge in [-0.1, -0.05) is 5.21 Å². The lowest BCUT2D eigenvalue weighted by Gasteiger charge is -2.24. The molecular weight excluding hydrogens is 326 g/mol. The predicted molar refractivity (Wildman–Crippen MR) is 95.5 cm³/mol. The first-order chi connectivity index (χ1) is 12.8. The maximum atomic E-state index is 4.88. The van der Waals surface area contributed by atoms with Gasteiger partial charge in [0.05, 0.1) is 17.9 Å². The molecule has 0 spiro atoms. The van der Waals surface area contributed by atoms with Gasteiger partial charge in [0.1, 0.15) is 5.82 Å². The highest BCUT2D eigenvalue weighted by atomic mass is 15.4. The van der Waals surface area contributed by atoms with Crippen LogP contribution in [0.4, 0.5) is 0 Å². The predicted octanol–water partition coefficient (Wildman–Crippen LogP) is 2.62. The van der Waals surface area contributed by atoms with Gasteiger partial charge in [0, 0.05) is 31.5 Å². The molecule has 3 saturated carbocycles. The molecule has 7 nitrogen and oxygen atoms in total. The second-order valence-corrected chi connectivity index (χ2v) is 8.93. The molecule has 6 rings (SSSR count). The number of aromatic amines is 1. The van der Waals surface area contributed by atoms with Crippen molar-refractivity contribution < 1.29 is 0 Å². The Morgan fingerprint density at radius 3 is 2.69 bits per heavy atom. The zero-order valence-electron chi connectivity index (χ0n) is 15.2. The Balaban J connectivity index is 1.17.